The molecule has 0 saturated heterocycles. The van der Waals surface area contributed by atoms with Gasteiger partial charge in [0.1, 0.15) is 17.3 Å². The summed E-state index contributed by atoms with van der Waals surface area (Å²) < 4.78 is 11.5. The second kappa shape index (κ2) is 8.77. The van der Waals surface area contributed by atoms with Crippen LogP contribution in [0.15, 0.2) is 41.2 Å². The first-order chi connectivity index (χ1) is 15.5. The second-order valence-corrected chi connectivity index (χ2v) is 9.62. The quantitative estimate of drug-likeness (QED) is 0.353. The Hall–Kier alpha value is -2.54. The number of halogens is 2. The molecule has 0 atom stereocenters. The number of thiophene rings is 1. The summed E-state index contributed by atoms with van der Waals surface area (Å²) in [6.45, 7) is 0.246. The van der Waals surface area contributed by atoms with Crippen LogP contribution >= 0.6 is 34.5 Å². The molecule has 0 spiro atoms. The summed E-state index contributed by atoms with van der Waals surface area (Å²) in [6.07, 6.45) is 4.27. The molecule has 0 bridgehead atoms. The van der Waals surface area contributed by atoms with E-state index in [9.17, 15) is 4.79 Å². The molecule has 0 fully saturated rings. The van der Waals surface area contributed by atoms with Gasteiger partial charge >= 0.3 is 0 Å². The number of aromatic amines is 1. The van der Waals surface area contributed by atoms with Crippen LogP contribution in [0.3, 0.4) is 0 Å². The maximum absolute atomic E-state index is 12.9. The van der Waals surface area contributed by atoms with Crippen LogP contribution in [0.4, 0.5) is 0 Å². The minimum Gasteiger partial charge on any atom is -0.493 e. The van der Waals surface area contributed by atoms with Crippen molar-refractivity contribution in [2.24, 2.45) is 0 Å². The molecule has 8 heteroatoms. The van der Waals surface area contributed by atoms with E-state index in [0.29, 0.717) is 27.4 Å². The first-order valence-electron chi connectivity index (χ1n) is 10.3. The average molecular weight is 487 g/mol. The number of ether oxygens (including phenoxy) is 2. The van der Waals surface area contributed by atoms with E-state index < -0.39 is 0 Å². The summed E-state index contributed by atoms with van der Waals surface area (Å²) in [6, 6.07) is 10.8. The van der Waals surface area contributed by atoms with Gasteiger partial charge < -0.3 is 14.5 Å². The van der Waals surface area contributed by atoms with Crippen LogP contribution in [0.2, 0.25) is 10.0 Å². The molecular formula is C24H20Cl2N2O3S. The van der Waals surface area contributed by atoms with E-state index in [1.54, 1.807) is 36.6 Å². The summed E-state index contributed by atoms with van der Waals surface area (Å²) >= 11 is 13.9. The molecule has 4 aromatic rings. The van der Waals surface area contributed by atoms with Gasteiger partial charge in [0.05, 0.1) is 12.5 Å². The van der Waals surface area contributed by atoms with E-state index in [0.717, 1.165) is 40.6 Å². The molecule has 2 heterocycles. The molecular weight excluding hydrogens is 467 g/mol. The number of methoxy groups -OCH3 is 1. The fourth-order valence-electron chi connectivity index (χ4n) is 4.03. The highest BCUT2D eigenvalue weighted by molar-refractivity contribution is 7.18. The largest absolute Gasteiger partial charge is 0.493 e. The highest BCUT2D eigenvalue weighted by Gasteiger charge is 2.20. The molecule has 0 unspecified atom stereocenters. The molecule has 0 amide bonds. The molecule has 0 saturated carbocycles. The van der Waals surface area contributed by atoms with Gasteiger partial charge in [0.25, 0.3) is 5.56 Å². The summed E-state index contributed by atoms with van der Waals surface area (Å²) in [7, 11) is 1.58. The standard InChI is InChI=1S/C24H20Cl2N2O3S/c1-30-18-9-7-13(10-19(18)31-12-14-6-8-15(25)11-17(14)26)22-27-23(29)21-16-4-2-3-5-20(16)32-24(21)28-22/h6-11H,2-5,12H2,1H3,(H,27,28,29). The Morgan fingerprint density at radius 3 is 2.75 bits per heavy atom. The average Bonchev–Trinajstić information content (AvgIpc) is 3.17. The normalized spacial score (nSPS) is 13.2. The van der Waals surface area contributed by atoms with Gasteiger partial charge in [-0.2, -0.15) is 0 Å². The minimum absolute atomic E-state index is 0.0874. The van der Waals surface area contributed by atoms with Crippen molar-refractivity contribution < 1.29 is 9.47 Å². The Morgan fingerprint density at radius 1 is 1.09 bits per heavy atom. The zero-order chi connectivity index (χ0) is 22.2. The molecule has 1 N–H and O–H groups in total. The SMILES string of the molecule is COc1ccc(-c2nc3sc4c(c3c(=O)[nH]2)CCCC4)cc1OCc1ccc(Cl)cc1Cl. The lowest BCUT2D eigenvalue weighted by molar-refractivity contribution is 0.284. The van der Waals surface area contributed by atoms with Gasteiger partial charge in [-0.05, 0) is 61.6 Å². The molecule has 0 aliphatic heterocycles. The Kier molecular flexibility index (Phi) is 5.84. The maximum Gasteiger partial charge on any atom is 0.260 e. The van der Waals surface area contributed by atoms with Gasteiger partial charge in [0.2, 0.25) is 0 Å². The lowest BCUT2D eigenvalue weighted by atomic mass is 9.97. The van der Waals surface area contributed by atoms with Gasteiger partial charge in [-0.15, -0.1) is 11.3 Å². The molecule has 0 radical (unpaired) electrons. The van der Waals surface area contributed by atoms with Crippen LogP contribution in [-0.2, 0) is 19.4 Å². The minimum atomic E-state index is -0.0874. The number of fused-ring (bicyclic) bond motifs is 3. The molecule has 2 aromatic carbocycles. The summed E-state index contributed by atoms with van der Waals surface area (Å²) in [4.78, 5) is 22.7. The van der Waals surface area contributed by atoms with Gasteiger partial charge in [-0.1, -0.05) is 29.3 Å². The fourth-order valence-corrected chi connectivity index (χ4v) is 5.76. The summed E-state index contributed by atoms with van der Waals surface area (Å²) in [5, 5.41) is 1.85. The van der Waals surface area contributed by atoms with Crippen molar-refractivity contribution in [1.29, 1.82) is 0 Å². The van der Waals surface area contributed by atoms with Gasteiger partial charge in [0, 0.05) is 26.0 Å². The third-order valence-electron chi connectivity index (χ3n) is 5.66. The van der Waals surface area contributed by atoms with Crippen molar-refractivity contribution in [3.8, 4) is 22.9 Å². The smallest absolute Gasteiger partial charge is 0.260 e. The van der Waals surface area contributed by atoms with E-state index in [2.05, 4.69) is 4.98 Å². The fraction of sp³-hybridized carbons (Fsp3) is 0.250. The predicted molar refractivity (Wildman–Crippen MR) is 130 cm³/mol. The van der Waals surface area contributed by atoms with E-state index in [-0.39, 0.29) is 12.2 Å². The second-order valence-electron chi connectivity index (χ2n) is 7.70. The monoisotopic (exact) mass is 486 g/mol. The number of aryl methyl sites for hydroxylation is 2. The molecule has 1 aliphatic carbocycles. The van der Waals surface area contributed by atoms with E-state index in [4.69, 9.17) is 37.7 Å². The number of benzene rings is 2. The lowest BCUT2D eigenvalue weighted by Crippen LogP contribution is -2.11. The van der Waals surface area contributed by atoms with E-state index in [1.165, 1.54) is 16.9 Å². The van der Waals surface area contributed by atoms with Crippen molar-refractivity contribution in [3.05, 3.63) is 72.8 Å². The van der Waals surface area contributed by atoms with Crippen LogP contribution in [0, 0.1) is 0 Å². The first kappa shape index (κ1) is 21.3. The number of hydrogen-bond donors (Lipinski definition) is 1. The first-order valence-corrected chi connectivity index (χ1v) is 11.9. The summed E-state index contributed by atoms with van der Waals surface area (Å²) in [5.41, 5.74) is 2.64. The van der Waals surface area contributed by atoms with Crippen LogP contribution in [0.1, 0.15) is 28.8 Å². The van der Waals surface area contributed by atoms with Crippen LogP contribution in [-0.4, -0.2) is 17.1 Å². The highest BCUT2D eigenvalue weighted by Crippen LogP contribution is 2.36. The maximum atomic E-state index is 12.9. The van der Waals surface area contributed by atoms with Gasteiger partial charge in [-0.25, -0.2) is 4.98 Å². The highest BCUT2D eigenvalue weighted by atomic mass is 35.5. The number of nitrogens with one attached hydrogen (secondary N) is 1. The zero-order valence-electron chi connectivity index (χ0n) is 17.3. The third-order valence-corrected chi connectivity index (χ3v) is 7.43. The van der Waals surface area contributed by atoms with Crippen molar-refractivity contribution in [2.75, 3.05) is 7.11 Å². The van der Waals surface area contributed by atoms with Crippen molar-refractivity contribution in [2.45, 2.75) is 32.3 Å². The number of nitrogens with zero attached hydrogens (tertiary/aromatic N) is 1. The predicted octanol–water partition coefficient (Wildman–Crippen LogP) is 6.42. The van der Waals surface area contributed by atoms with E-state index >= 15 is 0 Å². The third kappa shape index (κ3) is 3.98. The summed E-state index contributed by atoms with van der Waals surface area (Å²) in [5.74, 6) is 1.62. The Balaban J connectivity index is 1.50. The Morgan fingerprint density at radius 2 is 1.94 bits per heavy atom. The molecule has 2 aromatic heterocycles. The van der Waals surface area contributed by atoms with Crippen molar-refractivity contribution >= 4 is 44.8 Å². The van der Waals surface area contributed by atoms with Crippen LogP contribution < -0.4 is 15.0 Å². The van der Waals surface area contributed by atoms with Crippen molar-refractivity contribution in [3.63, 3.8) is 0 Å². The van der Waals surface area contributed by atoms with Crippen LogP contribution in [0.5, 0.6) is 11.5 Å². The number of H-pyrrole nitrogens is 1. The topological polar surface area (TPSA) is 64.2 Å². The molecule has 32 heavy (non-hydrogen) atoms. The number of rotatable bonds is 5. The van der Waals surface area contributed by atoms with Gasteiger partial charge in [0.15, 0.2) is 11.5 Å². The Labute approximate surface area is 198 Å². The molecule has 164 valence electrons. The van der Waals surface area contributed by atoms with Crippen LogP contribution in [0.25, 0.3) is 21.6 Å². The number of aromatic nitrogens is 2. The molecule has 5 nitrogen and oxygen atoms in total. The molecule has 5 rings (SSSR count). The Bertz CT molecular complexity index is 1380. The van der Waals surface area contributed by atoms with Crippen molar-refractivity contribution in [1.82, 2.24) is 9.97 Å². The molecule has 1 aliphatic rings. The number of hydrogen-bond acceptors (Lipinski definition) is 5. The lowest BCUT2D eigenvalue weighted by Gasteiger charge is -2.13. The van der Waals surface area contributed by atoms with Gasteiger partial charge in [-0.3, -0.25) is 4.79 Å². The zero-order valence-corrected chi connectivity index (χ0v) is 19.7. The van der Waals surface area contributed by atoms with E-state index in [1.807, 2.05) is 18.2 Å².